The van der Waals surface area contributed by atoms with E-state index in [0.29, 0.717) is 0 Å². The molecule has 5 nitrogen and oxygen atoms in total. The van der Waals surface area contributed by atoms with Crippen LogP contribution in [0.5, 0.6) is 0 Å². The molecule has 1 aromatic rings. The van der Waals surface area contributed by atoms with Gasteiger partial charge in [-0.05, 0) is 17.8 Å². The molecule has 0 amide bonds. The zero-order valence-corrected chi connectivity index (χ0v) is 13.3. The lowest BCUT2D eigenvalue weighted by Gasteiger charge is -2.29. The molecule has 0 saturated carbocycles. The van der Waals surface area contributed by atoms with Crippen LogP contribution in [-0.2, 0) is 9.57 Å². The monoisotopic (exact) mass is 319 g/mol. The van der Waals surface area contributed by atoms with E-state index in [0.717, 1.165) is 62.1 Å². The first-order chi connectivity index (χ1) is 10.8. The van der Waals surface area contributed by atoms with Crippen molar-refractivity contribution < 1.29 is 9.57 Å². The van der Waals surface area contributed by atoms with Crippen LogP contribution >= 0.6 is 12.2 Å². The summed E-state index contributed by atoms with van der Waals surface area (Å²) in [5.41, 5.74) is 2.17. The maximum Gasteiger partial charge on any atom is 0.169 e. The third kappa shape index (κ3) is 3.96. The summed E-state index contributed by atoms with van der Waals surface area (Å²) >= 11 is 5.40. The molecule has 2 aliphatic rings. The second-order valence-electron chi connectivity index (χ2n) is 5.46. The molecule has 0 spiro atoms. The minimum Gasteiger partial charge on any atom is -0.392 e. The molecule has 1 fully saturated rings. The van der Waals surface area contributed by atoms with E-state index in [1.165, 1.54) is 0 Å². The van der Waals surface area contributed by atoms with Crippen molar-refractivity contribution in [3.63, 3.8) is 0 Å². The summed E-state index contributed by atoms with van der Waals surface area (Å²) in [5.74, 6) is 0. The van der Waals surface area contributed by atoms with E-state index < -0.39 is 0 Å². The van der Waals surface area contributed by atoms with E-state index in [1.54, 1.807) is 0 Å². The zero-order chi connectivity index (χ0) is 15.2. The molecule has 2 aliphatic heterocycles. The maximum atomic E-state index is 5.52. The molecule has 0 aromatic heterocycles. The molecular weight excluding hydrogens is 298 g/mol. The van der Waals surface area contributed by atoms with E-state index in [4.69, 9.17) is 21.8 Å². The highest BCUT2D eigenvalue weighted by Crippen LogP contribution is 2.18. The molecule has 22 heavy (non-hydrogen) atoms. The smallest absolute Gasteiger partial charge is 0.169 e. The lowest BCUT2D eigenvalue weighted by atomic mass is 10.0. The van der Waals surface area contributed by atoms with Crippen molar-refractivity contribution >= 4 is 23.0 Å². The van der Waals surface area contributed by atoms with Crippen molar-refractivity contribution in [2.45, 2.75) is 18.9 Å². The van der Waals surface area contributed by atoms with Crippen LogP contribution in [0.2, 0.25) is 0 Å². The second kappa shape index (κ2) is 7.56. The van der Waals surface area contributed by atoms with Gasteiger partial charge in [0.15, 0.2) is 5.11 Å². The number of ether oxygens (including phenoxy) is 1. The van der Waals surface area contributed by atoms with Gasteiger partial charge in [-0.25, -0.2) is 0 Å². The van der Waals surface area contributed by atoms with Crippen molar-refractivity contribution in [3.8, 4) is 0 Å². The molecule has 1 atom stereocenters. The third-order valence-electron chi connectivity index (χ3n) is 3.88. The first-order valence-corrected chi connectivity index (χ1v) is 8.12. The molecule has 1 N–H and O–H groups in total. The zero-order valence-electron chi connectivity index (χ0n) is 12.5. The van der Waals surface area contributed by atoms with Crippen LogP contribution in [0.15, 0.2) is 35.5 Å². The predicted molar refractivity (Wildman–Crippen MR) is 90.1 cm³/mol. The molecule has 1 saturated heterocycles. The molecule has 3 rings (SSSR count). The number of rotatable bonds is 4. The normalized spacial score (nSPS) is 21.2. The Morgan fingerprint density at radius 1 is 1.27 bits per heavy atom. The van der Waals surface area contributed by atoms with Gasteiger partial charge in [0.2, 0.25) is 0 Å². The Morgan fingerprint density at radius 3 is 2.82 bits per heavy atom. The highest BCUT2D eigenvalue weighted by atomic mass is 32.1. The van der Waals surface area contributed by atoms with Crippen molar-refractivity contribution in [1.29, 1.82) is 0 Å². The number of hydrogen-bond acceptors (Lipinski definition) is 4. The van der Waals surface area contributed by atoms with Gasteiger partial charge in [-0.3, -0.25) is 0 Å². The largest absolute Gasteiger partial charge is 0.392 e. The van der Waals surface area contributed by atoms with E-state index in [-0.39, 0.29) is 6.10 Å². The molecule has 0 bridgehead atoms. The fraction of sp³-hybridized carbons (Fsp3) is 0.500. The predicted octanol–water partition coefficient (Wildman–Crippen LogP) is 1.78. The SMILES string of the molecule is S=C(NCCC1CC(c2ccccc2)=NO1)N1CCOCC1. The molecule has 2 heterocycles. The average Bonchev–Trinajstić information content (AvgIpc) is 3.05. The minimum atomic E-state index is 0.134. The number of oxime groups is 1. The number of benzene rings is 1. The van der Waals surface area contributed by atoms with Crippen LogP contribution in [-0.4, -0.2) is 54.7 Å². The van der Waals surface area contributed by atoms with Gasteiger partial charge in [0, 0.05) is 32.5 Å². The Labute approximate surface area is 136 Å². The van der Waals surface area contributed by atoms with Gasteiger partial charge in [-0.1, -0.05) is 35.5 Å². The minimum absolute atomic E-state index is 0.134. The Bertz CT molecular complexity index is 529. The molecule has 6 heteroatoms. The van der Waals surface area contributed by atoms with E-state index in [9.17, 15) is 0 Å². The van der Waals surface area contributed by atoms with Crippen LogP contribution < -0.4 is 5.32 Å². The highest BCUT2D eigenvalue weighted by Gasteiger charge is 2.22. The second-order valence-corrected chi connectivity index (χ2v) is 5.84. The van der Waals surface area contributed by atoms with Crippen molar-refractivity contribution in [2.24, 2.45) is 5.16 Å². The van der Waals surface area contributed by atoms with Gasteiger partial charge in [0.05, 0.1) is 18.9 Å². The number of hydrogen-bond donors (Lipinski definition) is 1. The summed E-state index contributed by atoms with van der Waals surface area (Å²) in [5, 5.41) is 8.32. The van der Waals surface area contributed by atoms with Gasteiger partial charge >= 0.3 is 0 Å². The van der Waals surface area contributed by atoms with E-state index in [1.807, 2.05) is 18.2 Å². The highest BCUT2D eigenvalue weighted by molar-refractivity contribution is 7.80. The summed E-state index contributed by atoms with van der Waals surface area (Å²) in [6.07, 6.45) is 1.88. The standard InChI is InChI=1S/C16H21N3O2S/c22-16(19-8-10-20-11-9-19)17-7-6-14-12-15(18-21-14)13-4-2-1-3-5-13/h1-5,14H,6-12H2,(H,17,22). The summed E-state index contributed by atoms with van der Waals surface area (Å²) in [6.45, 7) is 4.04. The topological polar surface area (TPSA) is 46.1 Å². The van der Waals surface area contributed by atoms with Crippen molar-refractivity contribution in [3.05, 3.63) is 35.9 Å². The molecule has 1 unspecified atom stereocenters. The quantitative estimate of drug-likeness (QED) is 0.857. The number of nitrogens with one attached hydrogen (secondary N) is 1. The lowest BCUT2D eigenvalue weighted by Crippen LogP contribution is -2.46. The lowest BCUT2D eigenvalue weighted by molar-refractivity contribution is 0.0666. The Hall–Kier alpha value is -1.66. The number of thiocarbonyl (C=S) groups is 1. The third-order valence-corrected chi connectivity index (χ3v) is 4.28. The summed E-state index contributed by atoms with van der Waals surface area (Å²) in [7, 11) is 0. The summed E-state index contributed by atoms with van der Waals surface area (Å²) < 4.78 is 5.33. The summed E-state index contributed by atoms with van der Waals surface area (Å²) in [6, 6.07) is 10.2. The van der Waals surface area contributed by atoms with Gasteiger partial charge < -0.3 is 19.8 Å². The van der Waals surface area contributed by atoms with Gasteiger partial charge in [0.25, 0.3) is 0 Å². The first kappa shape index (κ1) is 15.2. The molecule has 0 radical (unpaired) electrons. The van der Waals surface area contributed by atoms with E-state index >= 15 is 0 Å². The van der Waals surface area contributed by atoms with Gasteiger partial charge in [-0.2, -0.15) is 0 Å². The first-order valence-electron chi connectivity index (χ1n) is 7.71. The average molecular weight is 319 g/mol. The van der Waals surface area contributed by atoms with E-state index in [2.05, 4.69) is 27.5 Å². The van der Waals surface area contributed by atoms with Crippen LogP contribution in [0.1, 0.15) is 18.4 Å². The van der Waals surface area contributed by atoms with Crippen molar-refractivity contribution in [2.75, 3.05) is 32.8 Å². The number of nitrogens with zero attached hydrogens (tertiary/aromatic N) is 2. The Kier molecular flexibility index (Phi) is 5.24. The van der Waals surface area contributed by atoms with Crippen LogP contribution in [0.4, 0.5) is 0 Å². The molecule has 118 valence electrons. The fourth-order valence-corrected chi connectivity index (χ4v) is 2.89. The Morgan fingerprint density at radius 2 is 2.05 bits per heavy atom. The summed E-state index contributed by atoms with van der Waals surface area (Å²) in [4.78, 5) is 7.67. The van der Waals surface area contributed by atoms with Crippen molar-refractivity contribution in [1.82, 2.24) is 10.2 Å². The Balaban J connectivity index is 1.38. The molecule has 1 aromatic carbocycles. The van der Waals surface area contributed by atoms with Gasteiger partial charge in [0.1, 0.15) is 6.10 Å². The van der Waals surface area contributed by atoms with Crippen LogP contribution in [0.25, 0.3) is 0 Å². The molecular formula is C16H21N3O2S. The number of morpholine rings is 1. The molecule has 0 aliphatic carbocycles. The maximum absolute atomic E-state index is 5.52. The van der Waals surface area contributed by atoms with Crippen LogP contribution in [0, 0.1) is 0 Å². The van der Waals surface area contributed by atoms with Crippen LogP contribution in [0.3, 0.4) is 0 Å². The van der Waals surface area contributed by atoms with Gasteiger partial charge in [-0.15, -0.1) is 0 Å². The fourth-order valence-electron chi connectivity index (χ4n) is 2.60.